The fourth-order valence-corrected chi connectivity index (χ4v) is 9.09. The number of aromatic nitrogens is 4. The number of halogens is 2. The summed E-state index contributed by atoms with van der Waals surface area (Å²) in [5.74, 6) is 0. The molecule has 7 aromatic rings. The van der Waals surface area contributed by atoms with Crippen LogP contribution in [0.1, 0.15) is 67.3 Å². The second kappa shape index (κ2) is 17.1. The van der Waals surface area contributed by atoms with Gasteiger partial charge in [0.25, 0.3) is 0 Å². The van der Waals surface area contributed by atoms with Crippen molar-refractivity contribution in [3.8, 4) is 44.5 Å². The number of hydrogen-bond donors (Lipinski definition) is 2. The molecular formula is C52H46Cl2N4Ru. The van der Waals surface area contributed by atoms with Gasteiger partial charge in [-0.3, -0.25) is 0 Å². The Hall–Kier alpha value is -5.32. The zero-order valence-corrected chi connectivity index (χ0v) is 37.8. The maximum atomic E-state index is 5.57. The standard InChI is InChI=1S/C52H46N4.2ClH.Ru/c1-29-13-9-14-30(2)45(29)49-37-21-23-39(53-37)50(46-31(3)15-10-16-32(46)4)41-25-27-43(55-41)52(48-35(7)19-12-20-36(48)8)44-28-26-42(56-44)51(40-24-22-38(49)54-40)47-33(5)17-11-18-34(47)6;;;/h9-28,53,56H,1-8H3;2*1H;/q;;;+2/p-2. The number of rotatable bonds is 4. The van der Waals surface area contributed by atoms with Gasteiger partial charge in [-0.05, 0) is 171 Å². The average molecular weight is 899 g/mol. The van der Waals surface area contributed by atoms with E-state index in [1.807, 2.05) is 0 Å². The van der Waals surface area contributed by atoms with Gasteiger partial charge in [-0.15, -0.1) is 0 Å². The normalized spacial score (nSPS) is 11.5. The van der Waals surface area contributed by atoms with E-state index in [1.165, 1.54) is 66.8 Å². The van der Waals surface area contributed by atoms with Gasteiger partial charge in [-0.1, -0.05) is 72.8 Å². The second-order valence-corrected chi connectivity index (χ2v) is 15.6. The number of hydrogen-bond acceptors (Lipinski definition) is 2. The molecule has 0 fully saturated rings. The Morgan fingerprint density at radius 3 is 0.661 bits per heavy atom. The van der Waals surface area contributed by atoms with E-state index in [0.717, 1.165) is 67.1 Å². The van der Waals surface area contributed by atoms with E-state index in [0.29, 0.717) is 0 Å². The van der Waals surface area contributed by atoms with E-state index in [1.54, 1.807) is 0 Å². The van der Waals surface area contributed by atoms with Gasteiger partial charge in [-0.25, -0.2) is 9.97 Å². The third-order valence-corrected chi connectivity index (χ3v) is 11.7. The first kappa shape index (κ1) is 43.3. The second-order valence-electron chi connectivity index (χ2n) is 15.6. The van der Waals surface area contributed by atoms with E-state index >= 15 is 0 Å². The maximum absolute atomic E-state index is 5.57. The quantitative estimate of drug-likeness (QED) is 0.178. The molecule has 0 saturated heterocycles. The van der Waals surface area contributed by atoms with Crippen molar-refractivity contribution in [3.05, 3.63) is 164 Å². The van der Waals surface area contributed by atoms with Crippen LogP contribution in [0.15, 0.2) is 97.1 Å². The molecule has 0 aliphatic carbocycles. The summed E-state index contributed by atoms with van der Waals surface area (Å²) >= 11 is 0. The van der Waals surface area contributed by atoms with E-state index in [-0.39, 0.29) is 44.3 Å². The van der Waals surface area contributed by atoms with Crippen LogP contribution in [-0.4, -0.2) is 19.9 Å². The minimum absolute atomic E-state index is 0. The molecule has 2 aliphatic rings. The smallest absolute Gasteiger partial charge is 1.00 e. The fraction of sp³-hybridized carbons (Fsp3) is 0.154. The SMILES string of the molecule is Cc1cccc(C)c1-c1c2nc(c(-c3c(C)cccc3C)c3ccc([nH]3)c(-c3c(C)cccc3C)c3nc(c(-c4c(C)cccc4C)c4ccc1[nH]4)C=C3)C=C2.[Cl-].[Cl-].[Ru+2]. The van der Waals surface area contributed by atoms with Crippen LogP contribution in [0.5, 0.6) is 0 Å². The summed E-state index contributed by atoms with van der Waals surface area (Å²) in [7, 11) is 0. The Morgan fingerprint density at radius 1 is 0.288 bits per heavy atom. The number of fused-ring (bicyclic) bond motifs is 8. The molecule has 2 aliphatic heterocycles. The molecule has 0 unspecified atom stereocenters. The number of nitrogens with one attached hydrogen (secondary N) is 2. The van der Waals surface area contributed by atoms with Gasteiger partial charge in [0.2, 0.25) is 0 Å². The molecule has 8 bridgehead atoms. The molecule has 9 rings (SSSR count). The van der Waals surface area contributed by atoms with E-state index in [4.69, 9.17) is 9.97 Å². The number of nitrogens with zero attached hydrogens (tertiary/aromatic N) is 2. The Bertz CT molecular complexity index is 2540. The van der Waals surface area contributed by atoms with Crippen molar-refractivity contribution in [1.29, 1.82) is 0 Å². The maximum Gasteiger partial charge on any atom is 2.00 e. The molecule has 296 valence electrons. The van der Waals surface area contributed by atoms with Crippen LogP contribution in [0.25, 0.3) is 90.9 Å². The predicted molar refractivity (Wildman–Crippen MR) is 238 cm³/mol. The largest absolute Gasteiger partial charge is 2.00 e. The molecule has 5 heterocycles. The summed E-state index contributed by atoms with van der Waals surface area (Å²) in [5, 5.41) is 0. The summed E-state index contributed by atoms with van der Waals surface area (Å²) in [6.07, 6.45) is 8.78. The molecular weight excluding hydrogens is 853 g/mol. The zero-order chi connectivity index (χ0) is 38.8. The molecule has 4 aromatic carbocycles. The number of benzene rings is 4. The summed E-state index contributed by atoms with van der Waals surface area (Å²) < 4.78 is 0. The zero-order valence-electron chi connectivity index (χ0n) is 34.6. The molecule has 59 heavy (non-hydrogen) atoms. The van der Waals surface area contributed by atoms with Gasteiger partial charge in [0.15, 0.2) is 0 Å². The van der Waals surface area contributed by atoms with E-state index in [2.05, 4.69) is 187 Å². The fourth-order valence-electron chi connectivity index (χ4n) is 9.09. The van der Waals surface area contributed by atoms with Gasteiger partial charge >= 0.3 is 19.5 Å². The van der Waals surface area contributed by atoms with Gasteiger partial charge < -0.3 is 34.8 Å². The topological polar surface area (TPSA) is 57.4 Å². The van der Waals surface area contributed by atoms with Crippen LogP contribution in [0, 0.1) is 55.4 Å². The van der Waals surface area contributed by atoms with Gasteiger partial charge in [-0.2, -0.15) is 0 Å². The first-order valence-electron chi connectivity index (χ1n) is 19.5. The van der Waals surface area contributed by atoms with E-state index < -0.39 is 0 Å². The van der Waals surface area contributed by atoms with E-state index in [9.17, 15) is 0 Å². The van der Waals surface area contributed by atoms with Crippen LogP contribution in [0.3, 0.4) is 0 Å². The Morgan fingerprint density at radius 2 is 0.475 bits per heavy atom. The van der Waals surface area contributed by atoms with Gasteiger partial charge in [0.1, 0.15) is 0 Å². The predicted octanol–water partition coefficient (Wildman–Crippen LogP) is 7.80. The number of H-pyrrole nitrogens is 2. The minimum Gasteiger partial charge on any atom is -1.00 e. The molecule has 0 atom stereocenters. The van der Waals surface area contributed by atoms with Crippen LogP contribution < -0.4 is 24.8 Å². The number of aromatic amines is 2. The molecule has 0 saturated carbocycles. The van der Waals surface area contributed by atoms with Gasteiger partial charge in [0, 0.05) is 44.3 Å². The third kappa shape index (κ3) is 7.46. The number of aryl methyl sites for hydroxylation is 8. The summed E-state index contributed by atoms with van der Waals surface area (Å²) in [4.78, 5) is 19.0. The molecule has 0 amide bonds. The van der Waals surface area contributed by atoms with Crippen molar-refractivity contribution in [1.82, 2.24) is 19.9 Å². The summed E-state index contributed by atoms with van der Waals surface area (Å²) in [6.45, 7) is 17.6. The molecule has 7 heteroatoms. The van der Waals surface area contributed by atoms with Crippen molar-refractivity contribution in [2.45, 2.75) is 55.4 Å². The average Bonchev–Trinajstić information content (AvgIpc) is 4.00. The Kier molecular flexibility index (Phi) is 12.5. The van der Waals surface area contributed by atoms with Crippen molar-refractivity contribution < 1.29 is 44.3 Å². The van der Waals surface area contributed by atoms with Crippen LogP contribution in [0.2, 0.25) is 0 Å². The minimum atomic E-state index is 0. The first-order valence-corrected chi connectivity index (χ1v) is 19.5. The Labute approximate surface area is 372 Å². The van der Waals surface area contributed by atoms with Crippen molar-refractivity contribution in [3.63, 3.8) is 0 Å². The van der Waals surface area contributed by atoms with Crippen LogP contribution in [-0.2, 0) is 19.5 Å². The molecule has 0 radical (unpaired) electrons. The molecule has 4 nitrogen and oxygen atoms in total. The molecule has 0 spiro atoms. The molecule has 2 N–H and O–H groups in total. The van der Waals surface area contributed by atoms with Gasteiger partial charge in [0.05, 0.1) is 22.8 Å². The van der Waals surface area contributed by atoms with Crippen LogP contribution >= 0.6 is 0 Å². The van der Waals surface area contributed by atoms with Crippen molar-refractivity contribution in [2.75, 3.05) is 0 Å². The third-order valence-electron chi connectivity index (χ3n) is 11.7. The van der Waals surface area contributed by atoms with Crippen molar-refractivity contribution >= 4 is 46.4 Å². The summed E-state index contributed by atoms with van der Waals surface area (Å²) in [5.41, 5.74) is 26.5. The summed E-state index contributed by atoms with van der Waals surface area (Å²) in [6, 6.07) is 35.0. The van der Waals surface area contributed by atoms with Crippen LogP contribution in [0.4, 0.5) is 0 Å². The first-order chi connectivity index (χ1) is 27.1. The Balaban J connectivity index is 0.00000195. The van der Waals surface area contributed by atoms with Crippen molar-refractivity contribution in [2.24, 2.45) is 0 Å². The molecule has 3 aromatic heterocycles. The monoisotopic (exact) mass is 898 g/mol.